The zero-order valence-corrected chi connectivity index (χ0v) is 8.90. The molecule has 74 valence electrons. The van der Waals surface area contributed by atoms with Crippen molar-refractivity contribution in [2.75, 3.05) is 6.54 Å². The molecule has 1 N–H and O–H groups in total. The van der Waals surface area contributed by atoms with Crippen molar-refractivity contribution < 1.29 is 0 Å². The van der Waals surface area contributed by atoms with Crippen LogP contribution in [0.4, 0.5) is 0 Å². The standard InChI is InChI=1S/C12H21N/c1-3-4-5-6-11(2)9-10-13-12-7-8-12/h11-13H,5-10H2,1-2H3. The molecule has 1 heteroatoms. The molecule has 0 saturated heterocycles. The maximum Gasteiger partial charge on any atom is 0.00911 e. The molecule has 0 aromatic rings. The minimum absolute atomic E-state index is 0.826. The molecule has 0 aromatic carbocycles. The molecule has 0 heterocycles. The molecule has 1 atom stereocenters. The van der Waals surface area contributed by atoms with Crippen LogP contribution in [0.5, 0.6) is 0 Å². The van der Waals surface area contributed by atoms with Gasteiger partial charge in [0.1, 0.15) is 0 Å². The lowest BCUT2D eigenvalue weighted by atomic mass is 10.0. The molecule has 0 aromatic heterocycles. The molecule has 0 radical (unpaired) electrons. The average Bonchev–Trinajstić information content (AvgIpc) is 2.89. The van der Waals surface area contributed by atoms with Crippen molar-refractivity contribution in [2.24, 2.45) is 5.92 Å². The molecule has 1 fully saturated rings. The molecule has 13 heavy (non-hydrogen) atoms. The van der Waals surface area contributed by atoms with Crippen LogP contribution in [-0.2, 0) is 0 Å². The van der Waals surface area contributed by atoms with Crippen molar-refractivity contribution in [3.8, 4) is 11.8 Å². The Morgan fingerprint density at radius 2 is 2.15 bits per heavy atom. The largest absolute Gasteiger partial charge is 0.314 e. The van der Waals surface area contributed by atoms with Gasteiger partial charge in [-0.25, -0.2) is 0 Å². The van der Waals surface area contributed by atoms with E-state index in [1.54, 1.807) is 0 Å². The van der Waals surface area contributed by atoms with Gasteiger partial charge in [-0.3, -0.25) is 0 Å². The molecule has 1 rings (SSSR count). The first kappa shape index (κ1) is 10.6. The Morgan fingerprint density at radius 1 is 1.38 bits per heavy atom. The lowest BCUT2D eigenvalue weighted by Gasteiger charge is -2.09. The summed E-state index contributed by atoms with van der Waals surface area (Å²) in [5, 5.41) is 3.54. The zero-order valence-electron chi connectivity index (χ0n) is 8.90. The van der Waals surface area contributed by atoms with Gasteiger partial charge in [-0.15, -0.1) is 11.8 Å². The van der Waals surface area contributed by atoms with E-state index in [2.05, 4.69) is 24.1 Å². The van der Waals surface area contributed by atoms with Gasteiger partial charge in [-0.1, -0.05) is 6.92 Å². The Hall–Kier alpha value is -0.480. The van der Waals surface area contributed by atoms with Crippen LogP contribution in [0, 0.1) is 17.8 Å². The second-order valence-electron chi connectivity index (χ2n) is 4.09. The summed E-state index contributed by atoms with van der Waals surface area (Å²) >= 11 is 0. The van der Waals surface area contributed by atoms with Crippen molar-refractivity contribution in [2.45, 2.75) is 52.0 Å². The van der Waals surface area contributed by atoms with Crippen molar-refractivity contribution in [1.82, 2.24) is 5.32 Å². The predicted octanol–water partition coefficient (Wildman–Crippen LogP) is 2.57. The average molecular weight is 179 g/mol. The topological polar surface area (TPSA) is 12.0 Å². The third-order valence-corrected chi connectivity index (χ3v) is 2.59. The van der Waals surface area contributed by atoms with Gasteiger partial charge in [0.05, 0.1) is 0 Å². The molecular formula is C12H21N. The second kappa shape index (κ2) is 6.05. The SMILES string of the molecule is CC#CCCC(C)CCNC1CC1. The number of hydrogen-bond donors (Lipinski definition) is 1. The van der Waals surface area contributed by atoms with Gasteiger partial charge in [-0.2, -0.15) is 0 Å². The highest BCUT2D eigenvalue weighted by atomic mass is 14.9. The first-order valence-corrected chi connectivity index (χ1v) is 5.46. The van der Waals surface area contributed by atoms with Crippen LogP contribution in [-0.4, -0.2) is 12.6 Å². The fraction of sp³-hybridized carbons (Fsp3) is 0.833. The summed E-state index contributed by atoms with van der Waals surface area (Å²) in [4.78, 5) is 0. The van der Waals surface area contributed by atoms with Gasteiger partial charge in [0.25, 0.3) is 0 Å². The van der Waals surface area contributed by atoms with Crippen LogP contribution in [0.1, 0.15) is 46.0 Å². The van der Waals surface area contributed by atoms with Gasteiger partial charge in [-0.05, 0) is 45.1 Å². The predicted molar refractivity (Wildman–Crippen MR) is 57.5 cm³/mol. The summed E-state index contributed by atoms with van der Waals surface area (Å²) in [5.41, 5.74) is 0. The van der Waals surface area contributed by atoms with Gasteiger partial charge in [0.15, 0.2) is 0 Å². The number of nitrogens with one attached hydrogen (secondary N) is 1. The van der Waals surface area contributed by atoms with Crippen LogP contribution in [0.2, 0.25) is 0 Å². The lowest BCUT2D eigenvalue weighted by molar-refractivity contribution is 0.475. The van der Waals surface area contributed by atoms with Crippen molar-refractivity contribution in [3.63, 3.8) is 0 Å². The Morgan fingerprint density at radius 3 is 2.77 bits per heavy atom. The van der Waals surface area contributed by atoms with Gasteiger partial charge >= 0.3 is 0 Å². The molecule has 1 aliphatic carbocycles. The van der Waals surface area contributed by atoms with E-state index < -0.39 is 0 Å². The molecule has 0 bridgehead atoms. The zero-order chi connectivity index (χ0) is 9.52. The number of rotatable bonds is 6. The smallest absolute Gasteiger partial charge is 0.00911 e. The first-order valence-electron chi connectivity index (χ1n) is 5.46. The highest BCUT2D eigenvalue weighted by Crippen LogP contribution is 2.19. The second-order valence-corrected chi connectivity index (χ2v) is 4.09. The van der Waals surface area contributed by atoms with Gasteiger partial charge < -0.3 is 5.32 Å². The van der Waals surface area contributed by atoms with Crippen LogP contribution >= 0.6 is 0 Å². The first-order chi connectivity index (χ1) is 6.33. The Balaban J connectivity index is 1.88. The Kier molecular flexibility index (Phi) is 4.93. The maximum absolute atomic E-state index is 3.54. The minimum Gasteiger partial charge on any atom is -0.314 e. The number of hydrogen-bond acceptors (Lipinski definition) is 1. The monoisotopic (exact) mass is 179 g/mol. The summed E-state index contributed by atoms with van der Waals surface area (Å²) in [5.74, 6) is 6.89. The van der Waals surface area contributed by atoms with E-state index in [0.29, 0.717) is 0 Å². The summed E-state index contributed by atoms with van der Waals surface area (Å²) in [6.07, 6.45) is 6.43. The third kappa shape index (κ3) is 5.71. The van der Waals surface area contributed by atoms with Crippen LogP contribution in [0.3, 0.4) is 0 Å². The normalized spacial score (nSPS) is 17.7. The molecule has 1 aliphatic rings. The van der Waals surface area contributed by atoms with E-state index in [1.165, 1.54) is 32.2 Å². The summed E-state index contributed by atoms with van der Waals surface area (Å²) in [6, 6.07) is 0.864. The molecule has 1 saturated carbocycles. The van der Waals surface area contributed by atoms with Crippen molar-refractivity contribution in [1.29, 1.82) is 0 Å². The van der Waals surface area contributed by atoms with Crippen LogP contribution < -0.4 is 5.32 Å². The highest BCUT2D eigenvalue weighted by Gasteiger charge is 2.19. The minimum atomic E-state index is 0.826. The van der Waals surface area contributed by atoms with Gasteiger partial charge in [0, 0.05) is 12.5 Å². The van der Waals surface area contributed by atoms with E-state index >= 15 is 0 Å². The summed E-state index contributed by atoms with van der Waals surface area (Å²) in [6.45, 7) is 5.44. The molecule has 1 nitrogen and oxygen atoms in total. The fourth-order valence-electron chi connectivity index (χ4n) is 1.41. The molecule has 1 unspecified atom stereocenters. The summed E-state index contributed by atoms with van der Waals surface area (Å²) < 4.78 is 0. The lowest BCUT2D eigenvalue weighted by Crippen LogP contribution is -2.19. The molecule has 0 amide bonds. The van der Waals surface area contributed by atoms with E-state index in [-0.39, 0.29) is 0 Å². The molecular weight excluding hydrogens is 158 g/mol. The Labute approximate surface area is 82.3 Å². The quantitative estimate of drug-likeness (QED) is 0.618. The van der Waals surface area contributed by atoms with Gasteiger partial charge in [0.2, 0.25) is 0 Å². The van der Waals surface area contributed by atoms with Crippen molar-refractivity contribution in [3.05, 3.63) is 0 Å². The van der Waals surface area contributed by atoms with Crippen molar-refractivity contribution >= 4 is 0 Å². The molecule has 0 spiro atoms. The molecule has 0 aliphatic heterocycles. The van der Waals surface area contributed by atoms with E-state index in [0.717, 1.165) is 18.4 Å². The fourth-order valence-corrected chi connectivity index (χ4v) is 1.41. The van der Waals surface area contributed by atoms with Crippen LogP contribution in [0.25, 0.3) is 0 Å². The van der Waals surface area contributed by atoms with E-state index in [1.807, 2.05) is 6.92 Å². The van der Waals surface area contributed by atoms with E-state index in [4.69, 9.17) is 0 Å². The maximum atomic E-state index is 3.54. The summed E-state index contributed by atoms with van der Waals surface area (Å²) in [7, 11) is 0. The third-order valence-electron chi connectivity index (χ3n) is 2.59. The Bertz CT molecular complexity index is 183. The van der Waals surface area contributed by atoms with E-state index in [9.17, 15) is 0 Å². The van der Waals surface area contributed by atoms with Crippen LogP contribution in [0.15, 0.2) is 0 Å². The highest BCUT2D eigenvalue weighted by molar-refractivity contribution is 4.94.